The largest absolute Gasteiger partial charge is 0.290 e. The van der Waals surface area contributed by atoms with Gasteiger partial charge in [0.05, 0.1) is 6.67 Å². The summed E-state index contributed by atoms with van der Waals surface area (Å²) < 4.78 is 0. The number of likely N-dealkylation sites (tertiary alicyclic amines) is 2. The van der Waals surface area contributed by atoms with Crippen LogP contribution < -0.4 is 0 Å². The highest BCUT2D eigenvalue weighted by molar-refractivity contribution is 7.80. The molecule has 3 heteroatoms. The van der Waals surface area contributed by atoms with Gasteiger partial charge in [0.1, 0.15) is 0 Å². The molecule has 2 aliphatic heterocycles. The van der Waals surface area contributed by atoms with Crippen LogP contribution in [0.5, 0.6) is 0 Å². The molecule has 2 heterocycles. The predicted molar refractivity (Wildman–Crippen MR) is 100 cm³/mol. The van der Waals surface area contributed by atoms with E-state index in [1.54, 1.807) is 0 Å². The van der Waals surface area contributed by atoms with Crippen molar-refractivity contribution in [1.82, 2.24) is 9.80 Å². The third-order valence-corrected chi connectivity index (χ3v) is 6.45. The Labute approximate surface area is 143 Å². The predicted octanol–water partition coefficient (Wildman–Crippen LogP) is 4.44. The zero-order valence-corrected chi connectivity index (χ0v) is 16.0. The summed E-state index contributed by atoms with van der Waals surface area (Å²) in [5.41, 5.74) is 0. The van der Waals surface area contributed by atoms with Gasteiger partial charge in [-0.15, -0.1) is 0 Å². The van der Waals surface area contributed by atoms with Crippen LogP contribution in [0.2, 0.25) is 0 Å². The average molecular weight is 325 g/mol. The van der Waals surface area contributed by atoms with Crippen molar-refractivity contribution in [2.45, 2.75) is 59.8 Å². The Bertz CT molecular complexity index is 337. The first-order valence-corrected chi connectivity index (χ1v) is 9.84. The Morgan fingerprint density at radius 1 is 0.909 bits per heavy atom. The molecule has 0 unspecified atom stereocenters. The van der Waals surface area contributed by atoms with E-state index >= 15 is 0 Å². The first kappa shape index (κ1) is 18.4. The average Bonchev–Trinajstić information content (AvgIpc) is 2.49. The van der Waals surface area contributed by atoms with E-state index in [1.807, 2.05) is 0 Å². The molecule has 2 aliphatic rings. The molecule has 2 saturated heterocycles. The lowest BCUT2D eigenvalue weighted by Crippen LogP contribution is -2.45. The van der Waals surface area contributed by atoms with Gasteiger partial charge in [0.2, 0.25) is 0 Å². The van der Waals surface area contributed by atoms with Crippen LogP contribution in [-0.4, -0.2) is 47.5 Å². The van der Waals surface area contributed by atoms with Gasteiger partial charge in [-0.1, -0.05) is 39.9 Å². The summed E-state index contributed by atoms with van der Waals surface area (Å²) in [7, 11) is 0. The smallest absolute Gasteiger partial charge is 0.0506 e. The molecular formula is C19H36N2S. The number of nitrogens with zero attached hydrogens (tertiary/aromatic N) is 2. The van der Waals surface area contributed by atoms with E-state index in [1.165, 1.54) is 69.8 Å². The highest BCUT2D eigenvalue weighted by Crippen LogP contribution is 2.26. The Balaban J connectivity index is 1.65. The summed E-state index contributed by atoms with van der Waals surface area (Å²) in [6.07, 6.45) is 6.67. The summed E-state index contributed by atoms with van der Waals surface area (Å²) in [6.45, 7) is 15.6. The second kappa shape index (κ2) is 8.75. The number of rotatable bonds is 6. The summed E-state index contributed by atoms with van der Waals surface area (Å²) in [6, 6.07) is 0. The minimum atomic E-state index is 0.579. The van der Waals surface area contributed by atoms with Crippen molar-refractivity contribution in [1.29, 1.82) is 0 Å². The number of piperidine rings is 2. The Hall–Kier alpha value is 0.0100. The summed E-state index contributed by atoms with van der Waals surface area (Å²) in [4.78, 5) is 6.64. The molecule has 2 nitrogen and oxygen atoms in total. The fourth-order valence-corrected chi connectivity index (χ4v) is 4.13. The van der Waals surface area contributed by atoms with Crippen molar-refractivity contribution >= 4 is 17.1 Å². The lowest BCUT2D eigenvalue weighted by atomic mass is 9.87. The fraction of sp³-hybridized carbons (Fsp3) is 0.947. The maximum Gasteiger partial charge on any atom is 0.0506 e. The van der Waals surface area contributed by atoms with E-state index in [0.717, 1.165) is 17.8 Å². The van der Waals surface area contributed by atoms with E-state index in [9.17, 15) is 0 Å². The van der Waals surface area contributed by atoms with Crippen LogP contribution in [0.3, 0.4) is 0 Å². The first-order chi connectivity index (χ1) is 10.5. The molecule has 0 aliphatic carbocycles. The maximum absolute atomic E-state index is 5.53. The third kappa shape index (κ3) is 5.58. The molecule has 0 atom stereocenters. The quantitative estimate of drug-likeness (QED) is 0.667. The van der Waals surface area contributed by atoms with E-state index in [0.29, 0.717) is 5.92 Å². The zero-order valence-electron chi connectivity index (χ0n) is 15.2. The van der Waals surface area contributed by atoms with Crippen molar-refractivity contribution in [2.24, 2.45) is 23.7 Å². The molecule has 0 bridgehead atoms. The van der Waals surface area contributed by atoms with Crippen LogP contribution in [-0.2, 0) is 0 Å². The van der Waals surface area contributed by atoms with E-state index in [-0.39, 0.29) is 0 Å². The number of thiocarbonyl (C=S) groups is 1. The molecule has 2 rings (SSSR count). The van der Waals surface area contributed by atoms with Crippen molar-refractivity contribution in [3.63, 3.8) is 0 Å². The monoisotopic (exact) mass is 324 g/mol. The van der Waals surface area contributed by atoms with Gasteiger partial charge in [-0.2, -0.15) is 0 Å². The molecule has 22 heavy (non-hydrogen) atoms. The van der Waals surface area contributed by atoms with Crippen LogP contribution in [0.25, 0.3) is 0 Å². The lowest BCUT2D eigenvalue weighted by molar-refractivity contribution is 0.0649. The van der Waals surface area contributed by atoms with Gasteiger partial charge >= 0.3 is 0 Å². The molecule has 0 amide bonds. The second-order valence-electron chi connectivity index (χ2n) is 8.23. The van der Waals surface area contributed by atoms with Gasteiger partial charge in [-0.25, -0.2) is 0 Å². The van der Waals surface area contributed by atoms with E-state index in [2.05, 4.69) is 37.5 Å². The van der Waals surface area contributed by atoms with Crippen molar-refractivity contribution in [2.75, 3.05) is 32.8 Å². The Morgan fingerprint density at radius 3 is 1.86 bits per heavy atom. The highest BCUT2D eigenvalue weighted by atomic mass is 32.1. The SMILES string of the molecule is CC(C)C(=S)CC1CCN(CN2CCC(C(C)C)CC2)CC1. The molecular weight excluding hydrogens is 288 g/mol. The van der Waals surface area contributed by atoms with Crippen molar-refractivity contribution < 1.29 is 0 Å². The molecule has 0 aromatic rings. The molecule has 2 fully saturated rings. The molecule has 0 aromatic carbocycles. The standard InChI is InChI=1S/C19H36N2S/c1-15(2)18-7-11-21(12-8-18)14-20-9-5-17(6-10-20)13-19(22)16(3)4/h15-18H,5-14H2,1-4H3. The topological polar surface area (TPSA) is 6.48 Å². The number of hydrogen-bond donors (Lipinski definition) is 0. The molecule has 0 radical (unpaired) electrons. The van der Waals surface area contributed by atoms with Crippen molar-refractivity contribution in [3.05, 3.63) is 0 Å². The summed E-state index contributed by atoms with van der Waals surface area (Å²) in [5, 5.41) is 0. The number of hydrogen-bond acceptors (Lipinski definition) is 3. The minimum Gasteiger partial charge on any atom is -0.290 e. The van der Waals surface area contributed by atoms with Gasteiger partial charge in [0, 0.05) is 0 Å². The first-order valence-electron chi connectivity index (χ1n) is 9.43. The maximum atomic E-state index is 5.53. The Morgan fingerprint density at radius 2 is 1.41 bits per heavy atom. The zero-order chi connectivity index (χ0) is 16.1. The normalized spacial score (nSPS) is 23.5. The van der Waals surface area contributed by atoms with Crippen LogP contribution in [0, 0.1) is 23.7 Å². The van der Waals surface area contributed by atoms with Gasteiger partial charge < -0.3 is 0 Å². The van der Waals surface area contributed by atoms with Crippen LogP contribution in [0.1, 0.15) is 59.8 Å². The van der Waals surface area contributed by atoms with E-state index in [4.69, 9.17) is 12.2 Å². The second-order valence-corrected chi connectivity index (χ2v) is 8.75. The molecule has 0 N–H and O–H groups in total. The van der Waals surface area contributed by atoms with Crippen LogP contribution in [0.4, 0.5) is 0 Å². The van der Waals surface area contributed by atoms with Gasteiger partial charge in [0.15, 0.2) is 0 Å². The molecule has 0 aromatic heterocycles. The van der Waals surface area contributed by atoms with Gasteiger partial charge in [0.25, 0.3) is 0 Å². The molecule has 0 spiro atoms. The van der Waals surface area contributed by atoms with Crippen LogP contribution in [0.15, 0.2) is 0 Å². The minimum absolute atomic E-state index is 0.579. The van der Waals surface area contributed by atoms with Gasteiger partial charge in [-0.05, 0) is 86.8 Å². The summed E-state index contributed by atoms with van der Waals surface area (Å²) in [5.74, 6) is 3.25. The van der Waals surface area contributed by atoms with Crippen molar-refractivity contribution in [3.8, 4) is 0 Å². The van der Waals surface area contributed by atoms with Gasteiger partial charge in [-0.3, -0.25) is 9.80 Å². The molecule has 0 saturated carbocycles. The Kier molecular flexibility index (Phi) is 7.30. The lowest BCUT2D eigenvalue weighted by Gasteiger charge is -2.39. The third-order valence-electron chi connectivity index (χ3n) is 5.82. The highest BCUT2D eigenvalue weighted by Gasteiger charge is 2.25. The molecule has 128 valence electrons. The van der Waals surface area contributed by atoms with E-state index < -0.39 is 0 Å². The summed E-state index contributed by atoms with van der Waals surface area (Å²) >= 11 is 5.53. The fourth-order valence-electron chi connectivity index (χ4n) is 3.90. The van der Waals surface area contributed by atoms with Crippen LogP contribution >= 0.6 is 12.2 Å².